The van der Waals surface area contributed by atoms with Crippen molar-refractivity contribution in [2.75, 3.05) is 0 Å². The second-order valence-electron chi connectivity index (χ2n) is 3.05. The molecule has 0 unspecified atom stereocenters. The van der Waals surface area contributed by atoms with E-state index in [4.69, 9.17) is 10.5 Å². The molecule has 0 aliphatic rings. The number of nitro benzene ring substituents is 1. The number of hydrogen-bond acceptors (Lipinski definition) is 4. The lowest BCUT2D eigenvalue weighted by Gasteiger charge is -2.04. The number of benzene rings is 1. The molecular formula is C10H7N3O2. The topological polar surface area (TPSA) is 90.7 Å². The molecule has 15 heavy (non-hydrogen) atoms. The average molecular weight is 201 g/mol. The zero-order valence-corrected chi connectivity index (χ0v) is 8.24. The number of rotatable bonds is 1. The largest absolute Gasteiger partial charge is 0.273 e. The molecule has 5 heteroatoms. The van der Waals surface area contributed by atoms with Crippen molar-refractivity contribution in [3.8, 4) is 12.1 Å². The summed E-state index contributed by atoms with van der Waals surface area (Å²) in [5.74, 6) is 0. The molecule has 0 saturated heterocycles. The van der Waals surface area contributed by atoms with Crippen LogP contribution in [0.25, 0.3) is 0 Å². The van der Waals surface area contributed by atoms with Crippen LogP contribution in [0.4, 0.5) is 5.69 Å². The predicted octanol–water partition coefficient (Wildman–Crippen LogP) is 1.95. The summed E-state index contributed by atoms with van der Waals surface area (Å²) in [6.07, 6.45) is 0. The van der Waals surface area contributed by atoms with Crippen LogP contribution in [0.2, 0.25) is 0 Å². The van der Waals surface area contributed by atoms with Crippen LogP contribution < -0.4 is 0 Å². The number of nitro groups is 1. The number of nitriles is 2. The first-order valence-electron chi connectivity index (χ1n) is 4.11. The monoisotopic (exact) mass is 201 g/mol. The lowest BCUT2D eigenvalue weighted by Crippen LogP contribution is -1.99. The maximum atomic E-state index is 10.7. The normalized spacial score (nSPS) is 9.07. The molecule has 0 N–H and O–H groups in total. The molecule has 1 aromatic carbocycles. The smallest absolute Gasteiger partial charge is 0.258 e. The molecule has 0 atom stereocenters. The molecule has 0 aromatic heterocycles. The van der Waals surface area contributed by atoms with Gasteiger partial charge in [0, 0.05) is 11.6 Å². The standard InChI is InChI=1S/C10H7N3O2/c1-6-7(2)10(13(14)15)3-8(4-11)9(6)5-12/h3H,1-2H3. The van der Waals surface area contributed by atoms with Gasteiger partial charge in [0.25, 0.3) is 5.69 Å². The van der Waals surface area contributed by atoms with Crippen LogP contribution in [0, 0.1) is 46.6 Å². The van der Waals surface area contributed by atoms with Crippen LogP contribution in [0.1, 0.15) is 22.3 Å². The lowest BCUT2D eigenvalue weighted by molar-refractivity contribution is -0.385. The lowest BCUT2D eigenvalue weighted by atomic mass is 9.97. The van der Waals surface area contributed by atoms with Crippen LogP contribution in [-0.2, 0) is 0 Å². The molecule has 0 saturated carbocycles. The first-order valence-corrected chi connectivity index (χ1v) is 4.11. The van der Waals surface area contributed by atoms with Gasteiger partial charge in [-0.15, -0.1) is 0 Å². The third-order valence-electron chi connectivity index (χ3n) is 2.30. The van der Waals surface area contributed by atoms with E-state index in [2.05, 4.69) is 0 Å². The van der Waals surface area contributed by atoms with E-state index in [0.29, 0.717) is 11.1 Å². The maximum Gasteiger partial charge on any atom is 0.273 e. The zero-order chi connectivity index (χ0) is 11.6. The van der Waals surface area contributed by atoms with E-state index in [0.717, 1.165) is 6.07 Å². The Bertz CT molecular complexity index is 521. The first-order chi connectivity index (χ1) is 7.02. The van der Waals surface area contributed by atoms with Crippen molar-refractivity contribution in [2.24, 2.45) is 0 Å². The molecule has 74 valence electrons. The summed E-state index contributed by atoms with van der Waals surface area (Å²) in [7, 11) is 0. The van der Waals surface area contributed by atoms with Crippen LogP contribution in [0.15, 0.2) is 6.07 Å². The van der Waals surface area contributed by atoms with Crippen molar-refractivity contribution in [1.29, 1.82) is 10.5 Å². The van der Waals surface area contributed by atoms with Crippen LogP contribution in [0.5, 0.6) is 0 Å². The highest BCUT2D eigenvalue weighted by Crippen LogP contribution is 2.26. The Morgan fingerprint density at radius 1 is 1.27 bits per heavy atom. The Hall–Kier alpha value is -2.40. The van der Waals surface area contributed by atoms with Gasteiger partial charge in [0.1, 0.15) is 12.1 Å². The van der Waals surface area contributed by atoms with Gasteiger partial charge in [-0.3, -0.25) is 10.1 Å². The highest BCUT2D eigenvalue weighted by atomic mass is 16.6. The molecular weight excluding hydrogens is 194 g/mol. The fourth-order valence-electron chi connectivity index (χ4n) is 1.32. The van der Waals surface area contributed by atoms with Gasteiger partial charge in [-0.05, 0) is 19.4 Å². The van der Waals surface area contributed by atoms with Gasteiger partial charge in [0.05, 0.1) is 16.1 Å². The Labute approximate surface area is 86.3 Å². The van der Waals surface area contributed by atoms with Gasteiger partial charge < -0.3 is 0 Å². The molecule has 1 rings (SSSR count). The number of hydrogen-bond donors (Lipinski definition) is 0. The highest BCUT2D eigenvalue weighted by molar-refractivity contribution is 5.60. The molecule has 0 spiro atoms. The van der Waals surface area contributed by atoms with Crippen LogP contribution >= 0.6 is 0 Å². The summed E-state index contributed by atoms with van der Waals surface area (Å²) in [4.78, 5) is 10.1. The SMILES string of the molecule is Cc1c([N+](=O)[O-])cc(C#N)c(C#N)c1C. The van der Waals surface area contributed by atoms with Crippen molar-refractivity contribution < 1.29 is 4.92 Å². The second kappa shape index (κ2) is 3.77. The number of nitrogens with zero attached hydrogens (tertiary/aromatic N) is 3. The molecule has 5 nitrogen and oxygen atoms in total. The molecule has 0 heterocycles. The first kappa shape index (κ1) is 10.7. The van der Waals surface area contributed by atoms with E-state index in [9.17, 15) is 10.1 Å². The Kier molecular flexibility index (Phi) is 2.68. The van der Waals surface area contributed by atoms with Crippen molar-refractivity contribution in [2.45, 2.75) is 13.8 Å². The third kappa shape index (κ3) is 1.63. The van der Waals surface area contributed by atoms with Crippen molar-refractivity contribution in [1.82, 2.24) is 0 Å². The summed E-state index contributed by atoms with van der Waals surface area (Å²) < 4.78 is 0. The predicted molar refractivity (Wildman–Crippen MR) is 52.0 cm³/mol. The fraction of sp³-hybridized carbons (Fsp3) is 0.200. The van der Waals surface area contributed by atoms with Crippen LogP contribution in [0.3, 0.4) is 0 Å². The highest BCUT2D eigenvalue weighted by Gasteiger charge is 2.18. The molecule has 1 aromatic rings. The third-order valence-corrected chi connectivity index (χ3v) is 2.30. The fourth-order valence-corrected chi connectivity index (χ4v) is 1.32. The summed E-state index contributed by atoms with van der Waals surface area (Å²) in [6, 6.07) is 4.80. The average Bonchev–Trinajstić information content (AvgIpc) is 2.21. The van der Waals surface area contributed by atoms with E-state index in [-0.39, 0.29) is 16.8 Å². The minimum Gasteiger partial charge on any atom is -0.258 e. The molecule has 0 aliphatic carbocycles. The summed E-state index contributed by atoms with van der Waals surface area (Å²) in [5, 5.41) is 28.2. The van der Waals surface area contributed by atoms with E-state index in [1.54, 1.807) is 19.9 Å². The summed E-state index contributed by atoms with van der Waals surface area (Å²) in [5.41, 5.74) is 1.05. The Morgan fingerprint density at radius 2 is 1.87 bits per heavy atom. The maximum absolute atomic E-state index is 10.7. The zero-order valence-electron chi connectivity index (χ0n) is 8.24. The van der Waals surface area contributed by atoms with Gasteiger partial charge in [0.2, 0.25) is 0 Å². The van der Waals surface area contributed by atoms with Crippen molar-refractivity contribution >= 4 is 5.69 Å². The molecule has 0 fully saturated rings. The van der Waals surface area contributed by atoms with Gasteiger partial charge in [-0.1, -0.05) is 0 Å². The van der Waals surface area contributed by atoms with Gasteiger partial charge in [0.15, 0.2) is 0 Å². The second-order valence-corrected chi connectivity index (χ2v) is 3.05. The molecule has 0 aliphatic heterocycles. The summed E-state index contributed by atoms with van der Waals surface area (Å²) in [6.45, 7) is 3.16. The molecule has 0 radical (unpaired) electrons. The minimum atomic E-state index is -0.551. The van der Waals surface area contributed by atoms with Gasteiger partial charge >= 0.3 is 0 Å². The van der Waals surface area contributed by atoms with E-state index < -0.39 is 4.92 Å². The Balaban J connectivity index is 3.68. The van der Waals surface area contributed by atoms with Crippen LogP contribution in [-0.4, -0.2) is 4.92 Å². The molecule has 0 bridgehead atoms. The minimum absolute atomic E-state index is 0.0484. The van der Waals surface area contributed by atoms with Gasteiger partial charge in [-0.2, -0.15) is 10.5 Å². The van der Waals surface area contributed by atoms with Crippen molar-refractivity contribution in [3.05, 3.63) is 38.4 Å². The van der Waals surface area contributed by atoms with Crippen molar-refractivity contribution in [3.63, 3.8) is 0 Å². The quantitative estimate of drug-likeness (QED) is 0.512. The molecule has 0 amide bonds. The van der Waals surface area contributed by atoms with E-state index >= 15 is 0 Å². The van der Waals surface area contributed by atoms with E-state index in [1.807, 2.05) is 6.07 Å². The summed E-state index contributed by atoms with van der Waals surface area (Å²) >= 11 is 0. The van der Waals surface area contributed by atoms with E-state index in [1.165, 1.54) is 0 Å². The Morgan fingerprint density at radius 3 is 2.27 bits per heavy atom. The van der Waals surface area contributed by atoms with Gasteiger partial charge in [-0.25, -0.2) is 0 Å².